The molecule has 1 unspecified atom stereocenters. The minimum atomic E-state index is -3.69. The summed E-state index contributed by atoms with van der Waals surface area (Å²) in [4.78, 5) is 14.2. The van der Waals surface area contributed by atoms with Crippen LogP contribution in [0.3, 0.4) is 0 Å². The van der Waals surface area contributed by atoms with Gasteiger partial charge in [-0.2, -0.15) is 4.31 Å². The molecule has 0 spiro atoms. The van der Waals surface area contributed by atoms with Crippen molar-refractivity contribution in [1.82, 2.24) is 9.21 Å². The van der Waals surface area contributed by atoms with E-state index >= 15 is 0 Å². The number of carbonyl (C=O) groups excluding carboxylic acids is 1. The zero-order valence-corrected chi connectivity index (χ0v) is 15.6. The lowest BCUT2D eigenvalue weighted by molar-refractivity contribution is -0.132. The normalized spacial score (nSPS) is 16.9. The summed E-state index contributed by atoms with van der Waals surface area (Å²) in [6.45, 7) is 1.01. The molecule has 2 aromatic carbocycles. The Labute approximate surface area is 158 Å². The van der Waals surface area contributed by atoms with Gasteiger partial charge in [0.1, 0.15) is 5.82 Å². The maximum atomic E-state index is 13.0. The topological polar surface area (TPSA) is 83.7 Å². The maximum Gasteiger partial charge on any atom is 0.243 e. The van der Waals surface area contributed by atoms with E-state index in [0.29, 0.717) is 13.1 Å². The minimum Gasteiger partial charge on any atom is -0.340 e. The van der Waals surface area contributed by atoms with Gasteiger partial charge in [-0.1, -0.05) is 30.3 Å². The van der Waals surface area contributed by atoms with E-state index in [-0.39, 0.29) is 36.4 Å². The second kappa shape index (κ2) is 8.16. The van der Waals surface area contributed by atoms with E-state index in [9.17, 15) is 17.6 Å². The average Bonchev–Trinajstić information content (AvgIpc) is 2.69. The molecule has 0 bridgehead atoms. The van der Waals surface area contributed by atoms with Gasteiger partial charge in [-0.15, -0.1) is 0 Å². The fourth-order valence-electron chi connectivity index (χ4n) is 3.07. The number of hydrogen-bond donors (Lipinski definition) is 1. The highest BCUT2D eigenvalue weighted by molar-refractivity contribution is 7.89. The first-order valence-corrected chi connectivity index (χ1v) is 10.2. The molecule has 0 aromatic heterocycles. The fraction of sp³-hybridized carbons (Fsp3) is 0.316. The molecule has 2 aromatic rings. The third-order valence-electron chi connectivity index (χ3n) is 4.67. The zero-order chi connectivity index (χ0) is 19.4. The summed E-state index contributed by atoms with van der Waals surface area (Å²) in [5.74, 6) is -0.579. The quantitative estimate of drug-likeness (QED) is 0.842. The van der Waals surface area contributed by atoms with Gasteiger partial charge < -0.3 is 10.6 Å². The maximum absolute atomic E-state index is 13.0. The van der Waals surface area contributed by atoms with E-state index in [1.54, 1.807) is 4.90 Å². The summed E-state index contributed by atoms with van der Waals surface area (Å²) in [5.41, 5.74) is 6.99. The van der Waals surface area contributed by atoms with Crippen LogP contribution in [-0.4, -0.2) is 49.7 Å². The van der Waals surface area contributed by atoms with Crippen molar-refractivity contribution in [2.45, 2.75) is 17.4 Å². The molecule has 1 heterocycles. The first kappa shape index (κ1) is 19.5. The molecule has 1 amide bonds. The first-order valence-electron chi connectivity index (χ1n) is 8.72. The third kappa shape index (κ3) is 4.52. The van der Waals surface area contributed by atoms with Gasteiger partial charge in [0.25, 0.3) is 0 Å². The molecule has 1 aliphatic heterocycles. The molecule has 144 valence electrons. The van der Waals surface area contributed by atoms with Crippen LogP contribution in [0.15, 0.2) is 59.5 Å². The molecule has 0 aliphatic carbocycles. The number of nitrogens with two attached hydrogens (primary N) is 1. The third-order valence-corrected chi connectivity index (χ3v) is 6.58. The highest BCUT2D eigenvalue weighted by Crippen LogP contribution is 2.20. The largest absolute Gasteiger partial charge is 0.340 e. The van der Waals surface area contributed by atoms with Gasteiger partial charge in [0.15, 0.2) is 0 Å². The summed E-state index contributed by atoms with van der Waals surface area (Å²) < 4.78 is 39.6. The van der Waals surface area contributed by atoms with Crippen molar-refractivity contribution in [2.75, 3.05) is 26.2 Å². The minimum absolute atomic E-state index is 0.0507. The average molecular weight is 391 g/mol. The number of nitrogens with zero attached hydrogens (tertiary/aromatic N) is 2. The van der Waals surface area contributed by atoms with Gasteiger partial charge in [-0.3, -0.25) is 4.79 Å². The molecule has 3 rings (SSSR count). The zero-order valence-electron chi connectivity index (χ0n) is 14.8. The van der Waals surface area contributed by atoms with Crippen molar-refractivity contribution in [3.8, 4) is 0 Å². The molecule has 0 radical (unpaired) electrons. The number of hydrogen-bond acceptors (Lipinski definition) is 4. The Bertz CT molecular complexity index is 880. The van der Waals surface area contributed by atoms with Crippen LogP contribution in [0.4, 0.5) is 4.39 Å². The Morgan fingerprint density at radius 1 is 1.00 bits per heavy atom. The van der Waals surface area contributed by atoms with E-state index in [1.165, 1.54) is 16.4 Å². The van der Waals surface area contributed by atoms with Crippen LogP contribution in [0.5, 0.6) is 0 Å². The van der Waals surface area contributed by atoms with E-state index in [1.807, 2.05) is 30.3 Å². The standard InChI is InChI=1S/C19H22FN3O3S/c20-16-6-8-17(9-7-16)27(25,26)23-12-10-22(11-13-23)19(24)14-18(21)15-4-2-1-3-5-15/h1-9,18H,10-14,21H2. The summed E-state index contributed by atoms with van der Waals surface area (Å²) in [6, 6.07) is 13.8. The van der Waals surface area contributed by atoms with Crippen molar-refractivity contribution >= 4 is 15.9 Å². The predicted octanol–water partition coefficient (Wildman–Crippen LogP) is 1.75. The van der Waals surface area contributed by atoms with Gasteiger partial charge in [0.05, 0.1) is 4.90 Å². The Hall–Kier alpha value is -2.29. The molecule has 2 N–H and O–H groups in total. The number of halogens is 1. The van der Waals surface area contributed by atoms with Gasteiger partial charge in [0.2, 0.25) is 15.9 Å². The summed E-state index contributed by atoms with van der Waals surface area (Å²) in [5, 5.41) is 0. The molecule has 6 nitrogen and oxygen atoms in total. The highest BCUT2D eigenvalue weighted by Gasteiger charge is 2.30. The predicted molar refractivity (Wildman–Crippen MR) is 99.7 cm³/mol. The number of rotatable bonds is 5. The second-order valence-electron chi connectivity index (χ2n) is 6.46. The molecule has 1 atom stereocenters. The Balaban J connectivity index is 1.58. The number of benzene rings is 2. The van der Waals surface area contributed by atoms with E-state index in [2.05, 4.69) is 0 Å². The number of carbonyl (C=O) groups is 1. The molecule has 1 saturated heterocycles. The van der Waals surface area contributed by atoms with Crippen molar-refractivity contribution in [3.05, 3.63) is 66.0 Å². The summed E-state index contributed by atoms with van der Waals surface area (Å²) in [7, 11) is -3.69. The van der Waals surface area contributed by atoms with Crippen LogP contribution in [0.25, 0.3) is 0 Å². The second-order valence-corrected chi connectivity index (χ2v) is 8.40. The Kier molecular flexibility index (Phi) is 5.88. The van der Waals surface area contributed by atoms with Crippen molar-refractivity contribution in [1.29, 1.82) is 0 Å². The van der Waals surface area contributed by atoms with Crippen molar-refractivity contribution in [3.63, 3.8) is 0 Å². The lowest BCUT2D eigenvalue weighted by Crippen LogP contribution is -2.50. The number of sulfonamides is 1. The first-order chi connectivity index (χ1) is 12.9. The van der Waals surface area contributed by atoms with Crippen LogP contribution in [0.2, 0.25) is 0 Å². The lowest BCUT2D eigenvalue weighted by atomic mass is 10.0. The molecule has 27 heavy (non-hydrogen) atoms. The van der Waals surface area contributed by atoms with Gasteiger partial charge in [0, 0.05) is 38.6 Å². The van der Waals surface area contributed by atoms with Gasteiger partial charge in [-0.05, 0) is 29.8 Å². The highest BCUT2D eigenvalue weighted by atomic mass is 32.2. The SMILES string of the molecule is NC(CC(=O)N1CCN(S(=O)(=O)c2ccc(F)cc2)CC1)c1ccccc1. The van der Waals surface area contributed by atoms with Crippen molar-refractivity contribution < 1.29 is 17.6 Å². The van der Waals surface area contributed by atoms with E-state index < -0.39 is 15.8 Å². The van der Waals surface area contributed by atoms with Crippen molar-refractivity contribution in [2.24, 2.45) is 5.73 Å². The van der Waals surface area contributed by atoms with Crippen LogP contribution >= 0.6 is 0 Å². The lowest BCUT2D eigenvalue weighted by Gasteiger charge is -2.34. The molecular weight excluding hydrogens is 369 g/mol. The molecule has 1 aliphatic rings. The smallest absolute Gasteiger partial charge is 0.243 e. The van der Waals surface area contributed by atoms with Crippen LogP contribution in [0, 0.1) is 5.82 Å². The van der Waals surface area contributed by atoms with Crippen LogP contribution in [-0.2, 0) is 14.8 Å². The molecular formula is C19H22FN3O3S. The van der Waals surface area contributed by atoms with Crippen LogP contribution in [0.1, 0.15) is 18.0 Å². The van der Waals surface area contributed by atoms with Gasteiger partial charge in [-0.25, -0.2) is 12.8 Å². The molecule has 1 fully saturated rings. The molecule has 0 saturated carbocycles. The fourth-order valence-corrected chi connectivity index (χ4v) is 4.49. The number of amides is 1. The Morgan fingerprint density at radius 2 is 1.59 bits per heavy atom. The number of piperazine rings is 1. The molecule has 8 heteroatoms. The van der Waals surface area contributed by atoms with E-state index in [0.717, 1.165) is 17.7 Å². The summed E-state index contributed by atoms with van der Waals surface area (Å²) >= 11 is 0. The van der Waals surface area contributed by atoms with E-state index in [4.69, 9.17) is 5.73 Å². The Morgan fingerprint density at radius 3 is 2.19 bits per heavy atom. The van der Waals surface area contributed by atoms with Crippen LogP contribution < -0.4 is 5.73 Å². The monoisotopic (exact) mass is 391 g/mol. The van der Waals surface area contributed by atoms with Gasteiger partial charge >= 0.3 is 0 Å². The summed E-state index contributed by atoms with van der Waals surface area (Å²) in [6.07, 6.45) is 0.175.